The van der Waals surface area contributed by atoms with Crippen molar-refractivity contribution in [1.29, 1.82) is 0 Å². The first-order valence-electron chi connectivity index (χ1n) is 5.30. The summed E-state index contributed by atoms with van der Waals surface area (Å²) in [6.07, 6.45) is 2.24. The fourth-order valence-electron chi connectivity index (χ4n) is 2.33. The number of rotatable bonds is 2. The molecule has 1 heterocycles. The second-order valence-electron chi connectivity index (χ2n) is 3.92. The van der Waals surface area contributed by atoms with E-state index in [-0.39, 0.29) is 5.82 Å². The summed E-state index contributed by atoms with van der Waals surface area (Å²) >= 11 is 0. The van der Waals surface area contributed by atoms with Crippen molar-refractivity contribution in [3.8, 4) is 0 Å². The zero-order valence-corrected chi connectivity index (χ0v) is 8.46. The van der Waals surface area contributed by atoms with E-state index in [0.717, 1.165) is 24.9 Å². The molecule has 0 amide bonds. The van der Waals surface area contributed by atoms with Crippen LogP contribution in [0.3, 0.4) is 0 Å². The van der Waals surface area contributed by atoms with E-state index in [1.54, 1.807) is 12.1 Å². The van der Waals surface area contributed by atoms with Crippen LogP contribution >= 0.6 is 0 Å². The van der Waals surface area contributed by atoms with Crippen LogP contribution in [0.25, 0.3) is 0 Å². The molecule has 14 heavy (non-hydrogen) atoms. The minimum Gasteiger partial charge on any atom is -0.313 e. The fourth-order valence-corrected chi connectivity index (χ4v) is 2.33. The quantitative estimate of drug-likeness (QED) is 0.761. The Bertz CT molecular complexity index is 311. The van der Waals surface area contributed by atoms with Crippen molar-refractivity contribution in [3.63, 3.8) is 0 Å². The molecule has 1 N–H and O–H groups in total. The Morgan fingerprint density at radius 2 is 2.36 bits per heavy atom. The molecule has 2 atom stereocenters. The summed E-state index contributed by atoms with van der Waals surface area (Å²) in [4.78, 5) is 0. The first kappa shape index (κ1) is 9.66. The van der Waals surface area contributed by atoms with E-state index in [0.29, 0.717) is 12.0 Å². The predicted molar refractivity (Wildman–Crippen MR) is 55.8 cm³/mol. The van der Waals surface area contributed by atoms with Crippen molar-refractivity contribution in [2.75, 3.05) is 6.54 Å². The van der Waals surface area contributed by atoms with Crippen LogP contribution in [0.15, 0.2) is 24.3 Å². The lowest BCUT2D eigenvalue weighted by atomic mass is 9.91. The van der Waals surface area contributed by atoms with Crippen molar-refractivity contribution in [1.82, 2.24) is 5.32 Å². The van der Waals surface area contributed by atoms with Crippen LogP contribution in [-0.2, 0) is 0 Å². The topological polar surface area (TPSA) is 12.0 Å². The lowest BCUT2D eigenvalue weighted by molar-refractivity contribution is 0.528. The maximum Gasteiger partial charge on any atom is 0.123 e. The lowest BCUT2D eigenvalue weighted by Crippen LogP contribution is -2.24. The molecular formula is C12H16FN. The van der Waals surface area contributed by atoms with E-state index in [9.17, 15) is 4.39 Å². The summed E-state index contributed by atoms with van der Waals surface area (Å²) in [6.45, 7) is 3.23. The maximum atomic E-state index is 13.0. The Hall–Kier alpha value is -0.890. The van der Waals surface area contributed by atoms with Crippen LogP contribution in [0.2, 0.25) is 0 Å². The normalized spacial score (nSPS) is 26.7. The molecular weight excluding hydrogens is 177 g/mol. The van der Waals surface area contributed by atoms with E-state index in [1.165, 1.54) is 6.07 Å². The Morgan fingerprint density at radius 1 is 1.50 bits per heavy atom. The molecule has 0 aliphatic carbocycles. The largest absolute Gasteiger partial charge is 0.313 e. The van der Waals surface area contributed by atoms with Gasteiger partial charge in [0.1, 0.15) is 5.82 Å². The standard InChI is InChI=1S/C12H16FN/c1-2-12-11(6-7-14-12)9-4-3-5-10(13)8-9/h3-5,8,11-12,14H,2,6-7H2,1H3. The molecule has 1 aliphatic heterocycles. The highest BCUT2D eigenvalue weighted by molar-refractivity contribution is 5.23. The summed E-state index contributed by atoms with van der Waals surface area (Å²) in [5, 5.41) is 3.45. The average Bonchev–Trinajstić information content (AvgIpc) is 2.65. The van der Waals surface area contributed by atoms with Gasteiger partial charge in [-0.2, -0.15) is 0 Å². The van der Waals surface area contributed by atoms with Gasteiger partial charge in [0.25, 0.3) is 0 Å². The van der Waals surface area contributed by atoms with Gasteiger partial charge in [-0.05, 0) is 37.1 Å². The first-order chi connectivity index (χ1) is 6.81. The lowest BCUT2D eigenvalue weighted by Gasteiger charge is -2.18. The van der Waals surface area contributed by atoms with E-state index in [2.05, 4.69) is 12.2 Å². The molecule has 2 heteroatoms. The van der Waals surface area contributed by atoms with Gasteiger partial charge in [0.05, 0.1) is 0 Å². The number of hydrogen-bond acceptors (Lipinski definition) is 1. The van der Waals surface area contributed by atoms with Gasteiger partial charge < -0.3 is 5.32 Å². The van der Waals surface area contributed by atoms with Crippen LogP contribution in [-0.4, -0.2) is 12.6 Å². The number of hydrogen-bond donors (Lipinski definition) is 1. The molecule has 1 aromatic carbocycles. The van der Waals surface area contributed by atoms with Crippen LogP contribution < -0.4 is 5.32 Å². The molecule has 0 aromatic heterocycles. The molecule has 2 rings (SSSR count). The smallest absolute Gasteiger partial charge is 0.123 e. The highest BCUT2D eigenvalue weighted by Gasteiger charge is 2.26. The van der Waals surface area contributed by atoms with Crippen molar-refractivity contribution < 1.29 is 4.39 Å². The highest BCUT2D eigenvalue weighted by Crippen LogP contribution is 2.29. The SMILES string of the molecule is CCC1NCCC1c1cccc(F)c1. The monoisotopic (exact) mass is 193 g/mol. The number of halogens is 1. The van der Waals surface area contributed by atoms with Gasteiger partial charge in [-0.25, -0.2) is 4.39 Å². The van der Waals surface area contributed by atoms with Crippen molar-refractivity contribution >= 4 is 0 Å². The average molecular weight is 193 g/mol. The van der Waals surface area contributed by atoms with Gasteiger partial charge in [0.15, 0.2) is 0 Å². The third-order valence-electron chi connectivity index (χ3n) is 3.06. The summed E-state index contributed by atoms with van der Waals surface area (Å²) in [7, 11) is 0. The summed E-state index contributed by atoms with van der Waals surface area (Å²) in [5.74, 6) is 0.375. The van der Waals surface area contributed by atoms with Gasteiger partial charge in [-0.1, -0.05) is 19.1 Å². The summed E-state index contributed by atoms with van der Waals surface area (Å²) < 4.78 is 13.0. The second-order valence-corrected chi connectivity index (χ2v) is 3.92. The highest BCUT2D eigenvalue weighted by atomic mass is 19.1. The van der Waals surface area contributed by atoms with E-state index >= 15 is 0 Å². The van der Waals surface area contributed by atoms with Crippen molar-refractivity contribution in [3.05, 3.63) is 35.6 Å². The van der Waals surface area contributed by atoms with Gasteiger partial charge in [-0.3, -0.25) is 0 Å². The van der Waals surface area contributed by atoms with E-state index < -0.39 is 0 Å². The van der Waals surface area contributed by atoms with E-state index in [4.69, 9.17) is 0 Å². The molecule has 1 nitrogen and oxygen atoms in total. The van der Waals surface area contributed by atoms with Gasteiger partial charge >= 0.3 is 0 Å². The van der Waals surface area contributed by atoms with Crippen LogP contribution in [0.1, 0.15) is 31.2 Å². The van der Waals surface area contributed by atoms with Crippen LogP contribution in [0.4, 0.5) is 4.39 Å². The Labute approximate surface area is 84.3 Å². The molecule has 1 aromatic rings. The molecule has 0 spiro atoms. The minimum atomic E-state index is -0.121. The zero-order valence-electron chi connectivity index (χ0n) is 8.46. The van der Waals surface area contributed by atoms with Gasteiger partial charge in [0.2, 0.25) is 0 Å². The van der Waals surface area contributed by atoms with Crippen LogP contribution in [0.5, 0.6) is 0 Å². The molecule has 0 saturated carbocycles. The van der Waals surface area contributed by atoms with Crippen molar-refractivity contribution in [2.24, 2.45) is 0 Å². The third kappa shape index (κ3) is 1.80. The Morgan fingerprint density at radius 3 is 3.07 bits per heavy atom. The first-order valence-corrected chi connectivity index (χ1v) is 5.30. The van der Waals surface area contributed by atoms with E-state index in [1.807, 2.05) is 6.07 Å². The van der Waals surface area contributed by atoms with Crippen LogP contribution in [0, 0.1) is 5.82 Å². The summed E-state index contributed by atoms with van der Waals surface area (Å²) in [5.41, 5.74) is 1.14. The molecule has 2 unspecified atom stereocenters. The molecule has 0 bridgehead atoms. The molecule has 76 valence electrons. The number of nitrogens with one attached hydrogen (secondary N) is 1. The molecule has 1 fully saturated rings. The maximum absolute atomic E-state index is 13.0. The van der Waals surface area contributed by atoms with Gasteiger partial charge in [-0.15, -0.1) is 0 Å². The molecule has 1 saturated heterocycles. The minimum absolute atomic E-state index is 0.121. The van der Waals surface area contributed by atoms with Gasteiger partial charge in [0, 0.05) is 12.0 Å². The summed E-state index contributed by atoms with van der Waals surface area (Å²) in [6, 6.07) is 7.53. The van der Waals surface area contributed by atoms with Crippen molar-refractivity contribution in [2.45, 2.75) is 31.7 Å². The zero-order chi connectivity index (χ0) is 9.97. The third-order valence-corrected chi connectivity index (χ3v) is 3.06. The molecule has 1 aliphatic rings. The predicted octanol–water partition coefficient (Wildman–Crippen LogP) is 2.68. The fraction of sp³-hybridized carbons (Fsp3) is 0.500. The molecule has 0 radical (unpaired) electrons. The Balaban J connectivity index is 2.21. The number of benzene rings is 1. The second kappa shape index (κ2) is 4.09. The Kier molecular flexibility index (Phi) is 2.82.